The van der Waals surface area contributed by atoms with Gasteiger partial charge in [-0.25, -0.2) is 9.97 Å². The smallest absolute Gasteiger partial charge is 0.130 e. The maximum atomic E-state index is 5.38. The summed E-state index contributed by atoms with van der Waals surface area (Å²) < 4.78 is 5.38. The first-order valence-corrected chi connectivity index (χ1v) is 5.38. The topological polar surface area (TPSA) is 47.0 Å². The molecule has 1 N–H and O–H groups in total. The van der Waals surface area contributed by atoms with Gasteiger partial charge in [-0.2, -0.15) is 0 Å². The first kappa shape index (κ1) is 10.5. The van der Waals surface area contributed by atoms with Crippen molar-refractivity contribution in [1.29, 1.82) is 0 Å². The third kappa shape index (κ3) is 2.52. The molecule has 0 fully saturated rings. The Morgan fingerprint density at radius 3 is 3.27 bits per heavy atom. The van der Waals surface area contributed by atoms with Gasteiger partial charge in [0.2, 0.25) is 0 Å². The zero-order chi connectivity index (χ0) is 10.7. The summed E-state index contributed by atoms with van der Waals surface area (Å²) in [5.41, 5.74) is 2.30. The molecule has 1 atom stereocenters. The molecule has 1 aromatic rings. The largest absolute Gasteiger partial charge is 0.375 e. The van der Waals surface area contributed by atoms with E-state index in [2.05, 4.69) is 22.2 Å². The van der Waals surface area contributed by atoms with Crippen LogP contribution in [-0.2, 0) is 24.2 Å². The van der Waals surface area contributed by atoms with Crippen molar-refractivity contribution < 1.29 is 4.74 Å². The van der Waals surface area contributed by atoms with Crippen LogP contribution in [0.4, 0.5) is 0 Å². The minimum Gasteiger partial charge on any atom is -0.375 e. The van der Waals surface area contributed by atoms with Crippen LogP contribution >= 0.6 is 0 Å². The van der Waals surface area contributed by atoms with Crippen LogP contribution in [0, 0.1) is 0 Å². The van der Waals surface area contributed by atoms with E-state index in [0.29, 0.717) is 12.6 Å². The molecule has 0 saturated heterocycles. The van der Waals surface area contributed by atoms with Crippen molar-refractivity contribution in [1.82, 2.24) is 15.3 Å². The van der Waals surface area contributed by atoms with E-state index in [1.165, 1.54) is 5.56 Å². The second-order valence-corrected chi connectivity index (χ2v) is 3.95. The molecule has 1 aromatic heterocycles. The fraction of sp³-hybridized carbons (Fsp3) is 0.636. The third-order valence-electron chi connectivity index (χ3n) is 2.74. The molecule has 4 heteroatoms. The van der Waals surface area contributed by atoms with E-state index in [1.54, 1.807) is 0 Å². The van der Waals surface area contributed by atoms with Crippen molar-refractivity contribution in [3.63, 3.8) is 0 Å². The monoisotopic (exact) mass is 207 g/mol. The van der Waals surface area contributed by atoms with Crippen LogP contribution in [0.25, 0.3) is 0 Å². The van der Waals surface area contributed by atoms with Crippen molar-refractivity contribution in [2.75, 3.05) is 13.7 Å². The Morgan fingerprint density at radius 2 is 2.47 bits per heavy atom. The summed E-state index contributed by atoms with van der Waals surface area (Å²) in [4.78, 5) is 8.90. The lowest BCUT2D eigenvalue weighted by Gasteiger charge is -2.16. The van der Waals surface area contributed by atoms with Gasteiger partial charge in [-0.05, 0) is 26.0 Å². The Morgan fingerprint density at radius 1 is 1.60 bits per heavy atom. The third-order valence-corrected chi connectivity index (χ3v) is 2.74. The second kappa shape index (κ2) is 4.68. The number of nitrogens with one attached hydrogen (secondary N) is 1. The van der Waals surface area contributed by atoms with Gasteiger partial charge in [0.15, 0.2) is 0 Å². The van der Waals surface area contributed by atoms with Crippen LogP contribution < -0.4 is 5.32 Å². The van der Waals surface area contributed by atoms with Crippen molar-refractivity contribution in [3.8, 4) is 0 Å². The number of rotatable bonds is 3. The molecule has 0 aromatic carbocycles. The average molecular weight is 207 g/mol. The van der Waals surface area contributed by atoms with E-state index in [4.69, 9.17) is 4.74 Å². The molecule has 0 bridgehead atoms. The van der Waals surface area contributed by atoms with Gasteiger partial charge in [0.05, 0.1) is 18.9 Å². The van der Waals surface area contributed by atoms with E-state index in [-0.39, 0.29) is 0 Å². The summed E-state index contributed by atoms with van der Waals surface area (Å²) in [6.45, 7) is 3.56. The number of hydrogen-bond donors (Lipinski definition) is 1. The molecule has 1 unspecified atom stereocenters. The van der Waals surface area contributed by atoms with E-state index in [9.17, 15) is 0 Å². The lowest BCUT2D eigenvalue weighted by Crippen LogP contribution is -2.25. The van der Waals surface area contributed by atoms with Crippen LogP contribution in [0.1, 0.15) is 24.0 Å². The highest BCUT2D eigenvalue weighted by Crippen LogP contribution is 2.13. The van der Waals surface area contributed by atoms with Crippen LogP contribution in [0.5, 0.6) is 0 Å². The lowest BCUT2D eigenvalue weighted by molar-refractivity contribution is 0.107. The Balaban J connectivity index is 2.13. The summed E-state index contributed by atoms with van der Waals surface area (Å²) in [5.74, 6) is 0.904. The zero-order valence-electron chi connectivity index (χ0n) is 9.29. The predicted molar refractivity (Wildman–Crippen MR) is 57.6 cm³/mol. The van der Waals surface area contributed by atoms with Crippen molar-refractivity contribution in [2.24, 2.45) is 0 Å². The van der Waals surface area contributed by atoms with Gasteiger partial charge in [0.25, 0.3) is 0 Å². The minimum atomic E-state index is 0.410. The molecule has 2 rings (SSSR count). The Hall–Kier alpha value is -1.00. The van der Waals surface area contributed by atoms with Gasteiger partial charge in [0, 0.05) is 18.7 Å². The van der Waals surface area contributed by atoms with Crippen molar-refractivity contribution in [3.05, 3.63) is 23.3 Å². The average Bonchev–Trinajstić information content (AvgIpc) is 2.29. The zero-order valence-corrected chi connectivity index (χ0v) is 9.29. The van der Waals surface area contributed by atoms with Gasteiger partial charge >= 0.3 is 0 Å². The van der Waals surface area contributed by atoms with Gasteiger partial charge in [-0.1, -0.05) is 0 Å². The lowest BCUT2D eigenvalue weighted by atomic mass is 10.1. The highest BCUT2D eigenvalue weighted by atomic mass is 16.5. The molecule has 0 spiro atoms. The molecular weight excluding hydrogens is 190 g/mol. The fourth-order valence-corrected chi connectivity index (χ4v) is 1.64. The van der Waals surface area contributed by atoms with Crippen LogP contribution in [0.15, 0.2) is 6.20 Å². The number of aromatic nitrogens is 2. The second-order valence-electron chi connectivity index (χ2n) is 3.95. The van der Waals surface area contributed by atoms with E-state index in [1.807, 2.05) is 13.2 Å². The van der Waals surface area contributed by atoms with Gasteiger partial charge < -0.3 is 10.1 Å². The Kier molecular flexibility index (Phi) is 3.28. The molecule has 1 aliphatic rings. The molecule has 0 radical (unpaired) electrons. The van der Waals surface area contributed by atoms with E-state index in [0.717, 1.165) is 31.0 Å². The minimum absolute atomic E-state index is 0.410. The molecule has 0 aliphatic carbocycles. The number of hydrogen-bond acceptors (Lipinski definition) is 4. The van der Waals surface area contributed by atoms with Gasteiger partial charge in [-0.15, -0.1) is 0 Å². The summed E-state index contributed by atoms with van der Waals surface area (Å²) in [5, 5.41) is 3.18. The fourth-order valence-electron chi connectivity index (χ4n) is 1.64. The normalized spacial score (nSPS) is 17.2. The quantitative estimate of drug-likeness (QED) is 0.792. The standard InChI is InChI=1S/C11H17N3O/c1-8(12-2)5-11-13-6-9-3-4-15-7-10(9)14-11/h6,8,12H,3-5,7H2,1-2H3. The van der Waals surface area contributed by atoms with E-state index >= 15 is 0 Å². The number of likely N-dealkylation sites (N-methyl/N-ethyl adjacent to an activating group) is 1. The Labute approximate surface area is 90.1 Å². The maximum Gasteiger partial charge on any atom is 0.130 e. The van der Waals surface area contributed by atoms with Crippen LogP contribution in [0.3, 0.4) is 0 Å². The van der Waals surface area contributed by atoms with Crippen molar-refractivity contribution >= 4 is 0 Å². The molecular formula is C11H17N3O. The highest BCUT2D eigenvalue weighted by Gasteiger charge is 2.13. The highest BCUT2D eigenvalue weighted by molar-refractivity contribution is 5.19. The first-order chi connectivity index (χ1) is 7.29. The number of nitrogens with zero attached hydrogens (tertiary/aromatic N) is 2. The Bertz CT molecular complexity index is 341. The van der Waals surface area contributed by atoms with Crippen LogP contribution in [-0.4, -0.2) is 29.7 Å². The molecule has 2 heterocycles. The summed E-state index contributed by atoms with van der Waals surface area (Å²) in [6, 6.07) is 0.410. The van der Waals surface area contributed by atoms with E-state index < -0.39 is 0 Å². The summed E-state index contributed by atoms with van der Waals surface area (Å²) in [7, 11) is 1.95. The first-order valence-electron chi connectivity index (χ1n) is 5.38. The molecule has 0 amide bonds. The molecule has 0 saturated carbocycles. The predicted octanol–water partition coefficient (Wildman–Crippen LogP) is 0.700. The van der Waals surface area contributed by atoms with Gasteiger partial charge in [-0.3, -0.25) is 0 Å². The molecule has 82 valence electrons. The SMILES string of the molecule is CNC(C)Cc1ncc2c(n1)COCC2. The van der Waals surface area contributed by atoms with Crippen molar-refractivity contribution in [2.45, 2.75) is 32.4 Å². The molecule has 4 nitrogen and oxygen atoms in total. The summed E-state index contributed by atoms with van der Waals surface area (Å²) in [6.07, 6.45) is 3.75. The van der Waals surface area contributed by atoms with Gasteiger partial charge in [0.1, 0.15) is 5.82 Å². The maximum absolute atomic E-state index is 5.38. The number of ether oxygens (including phenoxy) is 1. The number of fused-ring (bicyclic) bond motifs is 1. The van der Waals surface area contributed by atoms with Crippen LogP contribution in [0.2, 0.25) is 0 Å². The molecule has 15 heavy (non-hydrogen) atoms. The summed E-state index contributed by atoms with van der Waals surface area (Å²) >= 11 is 0. The molecule has 1 aliphatic heterocycles.